The Bertz CT molecular complexity index is 556. The molecule has 2 N–H and O–H groups in total. The maximum atomic E-state index is 6.18. The van der Waals surface area contributed by atoms with Gasteiger partial charge in [0.15, 0.2) is 5.96 Å². The lowest BCUT2D eigenvalue weighted by Crippen LogP contribution is -2.41. The molecule has 2 aliphatic rings. The number of ether oxygens (including phenoxy) is 1. The van der Waals surface area contributed by atoms with Crippen LogP contribution in [0.2, 0.25) is 0 Å². The first kappa shape index (κ1) is 19.5. The molecule has 1 aliphatic heterocycles. The SMILES string of the molecule is Cc1cccc(C(CN=C(N)N(C)C2CC2)N2CCOCC2)c1.I. The molecule has 6 heteroatoms. The van der Waals surface area contributed by atoms with Gasteiger partial charge < -0.3 is 15.4 Å². The van der Waals surface area contributed by atoms with Gasteiger partial charge in [-0.25, -0.2) is 0 Å². The van der Waals surface area contributed by atoms with Gasteiger partial charge in [-0.15, -0.1) is 24.0 Å². The zero-order valence-electron chi connectivity index (χ0n) is 14.6. The second kappa shape index (κ2) is 9.01. The van der Waals surface area contributed by atoms with Gasteiger partial charge in [-0.05, 0) is 25.3 Å². The molecule has 0 bridgehead atoms. The Balaban J connectivity index is 0.00000208. The van der Waals surface area contributed by atoms with Crippen molar-refractivity contribution in [1.82, 2.24) is 9.80 Å². The van der Waals surface area contributed by atoms with Crippen molar-refractivity contribution in [2.75, 3.05) is 39.9 Å². The maximum Gasteiger partial charge on any atom is 0.191 e. The number of nitrogens with zero attached hydrogens (tertiary/aromatic N) is 3. The summed E-state index contributed by atoms with van der Waals surface area (Å²) in [5.74, 6) is 0.665. The molecule has 2 fully saturated rings. The molecule has 0 amide bonds. The molecule has 3 rings (SSSR count). The molecule has 1 saturated carbocycles. The summed E-state index contributed by atoms with van der Waals surface area (Å²) in [6.07, 6.45) is 2.47. The Labute approximate surface area is 162 Å². The van der Waals surface area contributed by atoms with Crippen LogP contribution in [0.3, 0.4) is 0 Å². The number of aryl methyl sites for hydroxylation is 1. The van der Waals surface area contributed by atoms with Crippen molar-refractivity contribution < 1.29 is 4.74 Å². The van der Waals surface area contributed by atoms with Gasteiger partial charge in [0.05, 0.1) is 25.8 Å². The van der Waals surface area contributed by atoms with Crippen LogP contribution in [0.5, 0.6) is 0 Å². The van der Waals surface area contributed by atoms with E-state index in [1.807, 2.05) is 7.05 Å². The van der Waals surface area contributed by atoms with Gasteiger partial charge in [0.1, 0.15) is 0 Å². The third kappa shape index (κ3) is 5.07. The highest BCUT2D eigenvalue weighted by Crippen LogP contribution is 2.26. The lowest BCUT2D eigenvalue weighted by Gasteiger charge is -2.34. The second-order valence-electron chi connectivity index (χ2n) is 6.62. The fourth-order valence-corrected chi connectivity index (χ4v) is 3.14. The fourth-order valence-electron chi connectivity index (χ4n) is 3.14. The Morgan fingerprint density at radius 3 is 2.71 bits per heavy atom. The average molecular weight is 444 g/mol. The average Bonchev–Trinajstić information content (AvgIpc) is 3.40. The van der Waals surface area contributed by atoms with E-state index in [1.54, 1.807) is 0 Å². The van der Waals surface area contributed by atoms with Crippen molar-refractivity contribution in [3.63, 3.8) is 0 Å². The Kier molecular flexibility index (Phi) is 7.31. The molecule has 1 atom stereocenters. The molecule has 1 saturated heterocycles. The normalized spacial score (nSPS) is 20.3. The summed E-state index contributed by atoms with van der Waals surface area (Å²) in [6, 6.07) is 9.59. The topological polar surface area (TPSA) is 54.1 Å². The van der Waals surface area contributed by atoms with E-state index >= 15 is 0 Å². The van der Waals surface area contributed by atoms with Gasteiger partial charge in [-0.3, -0.25) is 9.89 Å². The highest BCUT2D eigenvalue weighted by atomic mass is 127. The summed E-state index contributed by atoms with van der Waals surface area (Å²) >= 11 is 0. The minimum atomic E-state index is 0. The Morgan fingerprint density at radius 2 is 2.08 bits per heavy atom. The van der Waals surface area contributed by atoms with E-state index in [0.717, 1.165) is 26.3 Å². The van der Waals surface area contributed by atoms with E-state index < -0.39 is 0 Å². The standard InChI is InChI=1S/C18H28N4O.HI/c1-14-4-3-5-15(12-14)17(22-8-10-23-11-9-22)13-20-18(19)21(2)16-6-7-16;/h3-5,12,16-17H,6-11,13H2,1-2H3,(H2,19,20);1H. The molecule has 1 heterocycles. The number of morpholine rings is 1. The highest BCUT2D eigenvalue weighted by molar-refractivity contribution is 14.0. The van der Waals surface area contributed by atoms with Gasteiger partial charge >= 0.3 is 0 Å². The van der Waals surface area contributed by atoms with Crippen LogP contribution in [-0.2, 0) is 4.74 Å². The number of nitrogens with two attached hydrogens (primary N) is 1. The van der Waals surface area contributed by atoms with Crippen LogP contribution in [0.25, 0.3) is 0 Å². The van der Waals surface area contributed by atoms with Crippen molar-refractivity contribution in [2.45, 2.75) is 31.8 Å². The van der Waals surface area contributed by atoms with Gasteiger partial charge in [-0.1, -0.05) is 29.8 Å². The number of halogens is 1. The van der Waals surface area contributed by atoms with Gasteiger partial charge in [0.25, 0.3) is 0 Å². The molecule has 0 radical (unpaired) electrons. The highest BCUT2D eigenvalue weighted by Gasteiger charge is 2.28. The number of rotatable bonds is 5. The van der Waals surface area contributed by atoms with Crippen molar-refractivity contribution >= 4 is 29.9 Å². The minimum absolute atomic E-state index is 0. The summed E-state index contributed by atoms with van der Waals surface area (Å²) in [7, 11) is 2.05. The van der Waals surface area contributed by atoms with Crippen LogP contribution in [0, 0.1) is 6.92 Å². The zero-order chi connectivity index (χ0) is 16.2. The van der Waals surface area contributed by atoms with Crippen molar-refractivity contribution in [1.29, 1.82) is 0 Å². The third-order valence-electron chi connectivity index (χ3n) is 4.80. The largest absolute Gasteiger partial charge is 0.379 e. The molecule has 1 unspecified atom stereocenters. The quantitative estimate of drug-likeness (QED) is 0.431. The lowest BCUT2D eigenvalue weighted by molar-refractivity contribution is 0.0179. The molecule has 134 valence electrons. The first-order valence-electron chi connectivity index (χ1n) is 8.56. The molecule has 24 heavy (non-hydrogen) atoms. The first-order valence-corrected chi connectivity index (χ1v) is 8.56. The van der Waals surface area contributed by atoms with Crippen molar-refractivity contribution in [3.8, 4) is 0 Å². The minimum Gasteiger partial charge on any atom is -0.379 e. The fraction of sp³-hybridized carbons (Fsp3) is 0.611. The first-order chi connectivity index (χ1) is 11.1. The molecule has 0 spiro atoms. The van der Waals surface area contributed by atoms with E-state index in [2.05, 4.69) is 41.0 Å². The van der Waals surface area contributed by atoms with E-state index in [4.69, 9.17) is 15.5 Å². The van der Waals surface area contributed by atoms with Crippen LogP contribution in [0.1, 0.15) is 30.0 Å². The summed E-state index contributed by atoms with van der Waals surface area (Å²) in [6.45, 7) is 6.33. The molecule has 5 nitrogen and oxygen atoms in total. The lowest BCUT2D eigenvalue weighted by atomic mass is 10.0. The van der Waals surface area contributed by atoms with Gasteiger partial charge in [0, 0.05) is 26.2 Å². The maximum absolute atomic E-state index is 6.18. The predicted octanol–water partition coefficient (Wildman–Crippen LogP) is 2.40. The summed E-state index contributed by atoms with van der Waals surface area (Å²) in [4.78, 5) is 9.29. The predicted molar refractivity (Wildman–Crippen MR) is 109 cm³/mol. The van der Waals surface area contributed by atoms with Crippen LogP contribution in [0.15, 0.2) is 29.3 Å². The van der Waals surface area contributed by atoms with Crippen LogP contribution >= 0.6 is 24.0 Å². The smallest absolute Gasteiger partial charge is 0.191 e. The van der Waals surface area contributed by atoms with Crippen LogP contribution < -0.4 is 5.73 Å². The number of aliphatic imine (C=N–C) groups is 1. The van der Waals surface area contributed by atoms with Gasteiger partial charge in [0.2, 0.25) is 0 Å². The number of benzene rings is 1. The summed E-state index contributed by atoms with van der Waals surface area (Å²) in [5.41, 5.74) is 8.78. The molecular formula is C18H29IN4O. The number of hydrogen-bond acceptors (Lipinski definition) is 3. The molecule has 1 aliphatic carbocycles. The van der Waals surface area contributed by atoms with E-state index in [9.17, 15) is 0 Å². The third-order valence-corrected chi connectivity index (χ3v) is 4.80. The van der Waals surface area contributed by atoms with Gasteiger partial charge in [-0.2, -0.15) is 0 Å². The van der Waals surface area contributed by atoms with Crippen molar-refractivity contribution in [2.24, 2.45) is 10.7 Å². The molecule has 1 aromatic carbocycles. The monoisotopic (exact) mass is 444 g/mol. The van der Waals surface area contributed by atoms with E-state index in [-0.39, 0.29) is 30.0 Å². The van der Waals surface area contributed by atoms with E-state index in [0.29, 0.717) is 18.5 Å². The summed E-state index contributed by atoms with van der Waals surface area (Å²) in [5, 5.41) is 0. The Morgan fingerprint density at radius 1 is 1.38 bits per heavy atom. The van der Waals surface area contributed by atoms with E-state index in [1.165, 1.54) is 24.0 Å². The second-order valence-corrected chi connectivity index (χ2v) is 6.62. The molecule has 1 aromatic rings. The molecule has 0 aromatic heterocycles. The van der Waals surface area contributed by atoms with Crippen molar-refractivity contribution in [3.05, 3.63) is 35.4 Å². The zero-order valence-corrected chi connectivity index (χ0v) is 17.0. The summed E-state index contributed by atoms with van der Waals surface area (Å²) < 4.78 is 5.50. The Hall–Kier alpha value is -0.860. The number of hydrogen-bond donors (Lipinski definition) is 1. The van der Waals surface area contributed by atoms with Crippen LogP contribution in [0.4, 0.5) is 0 Å². The van der Waals surface area contributed by atoms with Crippen LogP contribution in [-0.4, -0.2) is 61.7 Å². The molecular weight excluding hydrogens is 415 g/mol. The number of guanidine groups is 1.